The molecule has 0 amide bonds. The van der Waals surface area contributed by atoms with Crippen molar-refractivity contribution < 1.29 is 41.4 Å². The molecule has 0 fully saturated rings. The molecule has 0 aliphatic rings. The number of halogens is 3. The average Bonchev–Trinajstić information content (AvgIpc) is 2.24. The SMILES string of the molecule is O=C(O)C[C@H](NS(=O)(=O)c1c(F)cc(F)cc1F)C(=O)O. The Morgan fingerprint density at radius 2 is 1.62 bits per heavy atom. The Labute approximate surface area is 116 Å². The van der Waals surface area contributed by atoms with Gasteiger partial charge in [-0.15, -0.1) is 0 Å². The van der Waals surface area contributed by atoms with Gasteiger partial charge in [0.15, 0.2) is 4.90 Å². The minimum Gasteiger partial charge on any atom is -0.481 e. The first-order valence-electron chi connectivity index (χ1n) is 5.16. The highest BCUT2D eigenvalue weighted by molar-refractivity contribution is 7.89. The lowest BCUT2D eigenvalue weighted by Gasteiger charge is -2.13. The molecule has 0 aliphatic heterocycles. The fraction of sp³-hybridized carbons (Fsp3) is 0.200. The minimum absolute atomic E-state index is 0.0879. The van der Waals surface area contributed by atoms with E-state index in [4.69, 9.17) is 10.2 Å². The molecule has 0 spiro atoms. The van der Waals surface area contributed by atoms with Crippen molar-refractivity contribution in [2.75, 3.05) is 0 Å². The zero-order valence-electron chi connectivity index (χ0n) is 10.0. The normalized spacial score (nSPS) is 12.9. The van der Waals surface area contributed by atoms with Gasteiger partial charge in [-0.05, 0) is 0 Å². The zero-order chi connectivity index (χ0) is 16.4. The molecule has 21 heavy (non-hydrogen) atoms. The van der Waals surface area contributed by atoms with E-state index in [0.29, 0.717) is 0 Å². The Hall–Kier alpha value is -2.14. The molecule has 0 aliphatic carbocycles. The van der Waals surface area contributed by atoms with Gasteiger partial charge in [0.25, 0.3) is 0 Å². The number of aliphatic carboxylic acids is 2. The number of carbonyl (C=O) groups is 2. The van der Waals surface area contributed by atoms with Gasteiger partial charge >= 0.3 is 11.9 Å². The van der Waals surface area contributed by atoms with Gasteiger partial charge in [-0.1, -0.05) is 0 Å². The van der Waals surface area contributed by atoms with Crippen LogP contribution in [-0.4, -0.2) is 36.6 Å². The van der Waals surface area contributed by atoms with E-state index in [0.717, 1.165) is 0 Å². The lowest BCUT2D eigenvalue weighted by Crippen LogP contribution is -2.42. The summed E-state index contributed by atoms with van der Waals surface area (Å²) in [4.78, 5) is 19.6. The molecule has 1 rings (SSSR count). The summed E-state index contributed by atoms with van der Waals surface area (Å²) in [6.45, 7) is 0. The lowest BCUT2D eigenvalue weighted by atomic mass is 10.2. The first-order valence-corrected chi connectivity index (χ1v) is 6.64. The molecule has 116 valence electrons. The van der Waals surface area contributed by atoms with Crippen molar-refractivity contribution >= 4 is 22.0 Å². The molecule has 1 aromatic carbocycles. The molecule has 0 aromatic heterocycles. The molecule has 0 radical (unpaired) electrons. The molecular formula is C10H8F3NO6S. The minimum atomic E-state index is -5.04. The summed E-state index contributed by atoms with van der Waals surface area (Å²) in [5, 5.41) is 17.1. The number of carboxylic acid groups (broad SMARTS) is 2. The molecule has 0 heterocycles. The smallest absolute Gasteiger partial charge is 0.322 e. The van der Waals surface area contributed by atoms with Crippen molar-refractivity contribution in [2.24, 2.45) is 0 Å². The van der Waals surface area contributed by atoms with Gasteiger partial charge in [-0.25, -0.2) is 21.6 Å². The summed E-state index contributed by atoms with van der Waals surface area (Å²) < 4.78 is 64.2. The van der Waals surface area contributed by atoms with Crippen LogP contribution in [0.25, 0.3) is 0 Å². The van der Waals surface area contributed by atoms with Crippen molar-refractivity contribution in [1.29, 1.82) is 0 Å². The first-order chi connectivity index (χ1) is 9.54. The van der Waals surface area contributed by atoms with Gasteiger partial charge in [0, 0.05) is 12.1 Å². The van der Waals surface area contributed by atoms with Crippen molar-refractivity contribution in [3.05, 3.63) is 29.6 Å². The summed E-state index contributed by atoms with van der Waals surface area (Å²) >= 11 is 0. The van der Waals surface area contributed by atoms with E-state index in [1.165, 1.54) is 4.72 Å². The van der Waals surface area contributed by atoms with Crippen LogP contribution in [0.3, 0.4) is 0 Å². The molecule has 0 saturated heterocycles. The van der Waals surface area contributed by atoms with Gasteiger partial charge < -0.3 is 10.2 Å². The quantitative estimate of drug-likeness (QED) is 0.691. The molecule has 0 bridgehead atoms. The van der Waals surface area contributed by atoms with E-state index in [9.17, 15) is 31.2 Å². The van der Waals surface area contributed by atoms with Gasteiger partial charge in [-0.2, -0.15) is 4.72 Å². The van der Waals surface area contributed by atoms with Gasteiger partial charge in [0.1, 0.15) is 23.5 Å². The third kappa shape index (κ3) is 4.16. The lowest BCUT2D eigenvalue weighted by molar-refractivity contribution is -0.145. The zero-order valence-corrected chi connectivity index (χ0v) is 10.8. The number of hydrogen-bond acceptors (Lipinski definition) is 4. The highest BCUT2D eigenvalue weighted by atomic mass is 32.2. The van der Waals surface area contributed by atoms with E-state index < -0.39 is 56.8 Å². The van der Waals surface area contributed by atoms with Crippen LogP contribution < -0.4 is 4.72 Å². The van der Waals surface area contributed by atoms with E-state index in [-0.39, 0.29) is 12.1 Å². The topological polar surface area (TPSA) is 121 Å². The maximum atomic E-state index is 13.4. The van der Waals surface area contributed by atoms with Crippen molar-refractivity contribution in [2.45, 2.75) is 17.4 Å². The summed E-state index contributed by atoms with van der Waals surface area (Å²) in [5.41, 5.74) is 0. The standard InChI is InChI=1S/C10H8F3NO6S/c11-4-1-5(12)9(6(13)2-4)21(19,20)14-7(10(17)18)3-8(15)16/h1-2,7,14H,3H2,(H,15,16)(H,17,18)/t7-/m0/s1. The number of nitrogens with one attached hydrogen (secondary N) is 1. The third-order valence-corrected chi connectivity index (χ3v) is 3.73. The fourth-order valence-electron chi connectivity index (χ4n) is 1.39. The molecule has 0 saturated carbocycles. The molecule has 3 N–H and O–H groups in total. The Morgan fingerprint density at radius 1 is 1.14 bits per heavy atom. The number of carboxylic acids is 2. The van der Waals surface area contributed by atoms with E-state index in [1.807, 2.05) is 0 Å². The van der Waals surface area contributed by atoms with Crippen LogP contribution in [-0.2, 0) is 19.6 Å². The van der Waals surface area contributed by atoms with Crippen molar-refractivity contribution in [1.82, 2.24) is 4.72 Å². The third-order valence-electron chi connectivity index (χ3n) is 2.21. The van der Waals surface area contributed by atoms with E-state index in [1.54, 1.807) is 0 Å². The predicted octanol–water partition coefficient (Wildman–Crippen LogP) is 0.310. The second kappa shape index (κ2) is 6.10. The van der Waals surface area contributed by atoms with Crippen molar-refractivity contribution in [3.63, 3.8) is 0 Å². The van der Waals surface area contributed by atoms with Crippen molar-refractivity contribution in [3.8, 4) is 0 Å². The van der Waals surface area contributed by atoms with Gasteiger partial charge in [-0.3, -0.25) is 9.59 Å². The van der Waals surface area contributed by atoms with Crippen LogP contribution >= 0.6 is 0 Å². The number of rotatable bonds is 6. The number of hydrogen-bond donors (Lipinski definition) is 3. The summed E-state index contributed by atoms with van der Waals surface area (Å²) in [5.74, 6) is -8.43. The maximum absolute atomic E-state index is 13.4. The molecule has 11 heteroatoms. The largest absolute Gasteiger partial charge is 0.481 e. The van der Waals surface area contributed by atoms with Crippen LogP contribution in [0.15, 0.2) is 17.0 Å². The first kappa shape index (κ1) is 16.9. The van der Waals surface area contributed by atoms with Crippen LogP contribution in [0.4, 0.5) is 13.2 Å². The second-order valence-electron chi connectivity index (χ2n) is 3.81. The summed E-state index contributed by atoms with van der Waals surface area (Å²) in [7, 11) is -5.04. The number of benzene rings is 1. The average molecular weight is 327 g/mol. The summed E-state index contributed by atoms with van der Waals surface area (Å²) in [6.07, 6.45) is -1.15. The highest BCUT2D eigenvalue weighted by Crippen LogP contribution is 2.20. The van der Waals surface area contributed by atoms with Crippen LogP contribution in [0, 0.1) is 17.5 Å². The predicted molar refractivity (Wildman–Crippen MR) is 60.3 cm³/mol. The van der Waals surface area contributed by atoms with Gasteiger partial charge in [0.05, 0.1) is 6.42 Å². The number of sulfonamides is 1. The van der Waals surface area contributed by atoms with E-state index >= 15 is 0 Å². The monoisotopic (exact) mass is 327 g/mol. The summed E-state index contributed by atoms with van der Waals surface area (Å²) in [6, 6.07) is -1.97. The van der Waals surface area contributed by atoms with Crippen LogP contribution in [0.1, 0.15) is 6.42 Å². The fourth-order valence-corrected chi connectivity index (χ4v) is 2.69. The highest BCUT2D eigenvalue weighted by Gasteiger charge is 2.31. The molecule has 1 atom stereocenters. The van der Waals surface area contributed by atoms with Crippen LogP contribution in [0.2, 0.25) is 0 Å². The Morgan fingerprint density at radius 3 is 2.00 bits per heavy atom. The Balaban J connectivity index is 3.23. The molecule has 1 aromatic rings. The Kier molecular flexibility index (Phi) is 4.91. The van der Waals surface area contributed by atoms with Gasteiger partial charge in [0.2, 0.25) is 10.0 Å². The molecular weight excluding hydrogens is 319 g/mol. The van der Waals surface area contributed by atoms with E-state index in [2.05, 4.69) is 0 Å². The molecule has 7 nitrogen and oxygen atoms in total. The maximum Gasteiger partial charge on any atom is 0.322 e. The Bertz CT molecular complexity index is 667. The van der Waals surface area contributed by atoms with Crippen LogP contribution in [0.5, 0.6) is 0 Å². The second-order valence-corrected chi connectivity index (χ2v) is 5.46. The molecule has 0 unspecified atom stereocenters.